The van der Waals surface area contributed by atoms with E-state index in [1.807, 2.05) is 66.2 Å². The Balaban J connectivity index is 1.68. The highest BCUT2D eigenvalue weighted by molar-refractivity contribution is 6.04. The van der Waals surface area contributed by atoms with Crippen LogP contribution in [0.1, 0.15) is 45.9 Å². The molecule has 0 radical (unpaired) electrons. The molecule has 0 atom stereocenters. The number of ether oxygens (including phenoxy) is 1. The molecule has 5 nitrogen and oxygen atoms in total. The van der Waals surface area contributed by atoms with Crippen molar-refractivity contribution >= 4 is 11.7 Å². The van der Waals surface area contributed by atoms with E-state index in [1.54, 1.807) is 7.11 Å². The van der Waals surface area contributed by atoms with Crippen molar-refractivity contribution in [2.75, 3.05) is 12.4 Å². The third kappa shape index (κ3) is 3.64. The number of carbonyl (C=O) groups is 1. The molecule has 1 saturated carbocycles. The number of methoxy groups -OCH3 is 1. The number of nitrogens with zero attached hydrogens (tertiary/aromatic N) is 2. The molecule has 1 heterocycles. The second-order valence-corrected chi connectivity index (χ2v) is 6.97. The first-order valence-electron chi connectivity index (χ1n) is 9.21. The van der Waals surface area contributed by atoms with E-state index in [0.717, 1.165) is 28.3 Å². The normalized spacial score (nSPS) is 13.6. The van der Waals surface area contributed by atoms with Gasteiger partial charge in [0, 0.05) is 24.2 Å². The average Bonchev–Trinajstić information content (AvgIpc) is 3.48. The molecule has 1 aliphatic carbocycles. The zero-order valence-electron chi connectivity index (χ0n) is 15.6. The topological polar surface area (TPSA) is 56.1 Å². The number of rotatable bonds is 6. The molecule has 0 aliphatic heterocycles. The van der Waals surface area contributed by atoms with Crippen LogP contribution in [0.3, 0.4) is 0 Å². The molecular weight excluding hydrogens is 338 g/mol. The molecule has 27 heavy (non-hydrogen) atoms. The van der Waals surface area contributed by atoms with Crippen molar-refractivity contribution in [2.45, 2.75) is 32.3 Å². The Labute approximate surface area is 159 Å². The number of carbonyl (C=O) groups excluding carboxylic acids is 1. The van der Waals surface area contributed by atoms with Gasteiger partial charge in [0.25, 0.3) is 5.91 Å². The van der Waals surface area contributed by atoms with Gasteiger partial charge in [0.15, 0.2) is 0 Å². The van der Waals surface area contributed by atoms with Crippen LogP contribution in [0, 0.1) is 6.92 Å². The van der Waals surface area contributed by atoms with Crippen LogP contribution in [0.2, 0.25) is 0 Å². The number of nitrogens with one attached hydrogen (secondary N) is 1. The highest BCUT2D eigenvalue weighted by atomic mass is 16.5. The number of hydrogen-bond acceptors (Lipinski definition) is 3. The lowest BCUT2D eigenvalue weighted by molar-refractivity contribution is 0.102. The molecular formula is C22H23N3O2. The first-order valence-corrected chi connectivity index (χ1v) is 9.21. The van der Waals surface area contributed by atoms with Crippen molar-refractivity contribution in [1.29, 1.82) is 0 Å². The van der Waals surface area contributed by atoms with Crippen LogP contribution in [-0.4, -0.2) is 22.8 Å². The summed E-state index contributed by atoms with van der Waals surface area (Å²) >= 11 is 0. The van der Waals surface area contributed by atoms with Gasteiger partial charge in [-0.15, -0.1) is 0 Å². The quantitative estimate of drug-likeness (QED) is 0.705. The van der Waals surface area contributed by atoms with Gasteiger partial charge < -0.3 is 10.1 Å². The number of para-hydroxylation sites is 1. The number of aromatic nitrogens is 2. The molecule has 1 amide bonds. The van der Waals surface area contributed by atoms with E-state index < -0.39 is 0 Å². The fourth-order valence-electron chi connectivity index (χ4n) is 3.31. The van der Waals surface area contributed by atoms with Crippen molar-refractivity contribution in [3.8, 4) is 5.69 Å². The van der Waals surface area contributed by atoms with E-state index in [0.29, 0.717) is 18.1 Å². The fraction of sp³-hybridized carbons (Fsp3) is 0.273. The molecule has 2 aromatic carbocycles. The molecule has 0 spiro atoms. The lowest BCUT2D eigenvalue weighted by Gasteiger charge is -2.11. The summed E-state index contributed by atoms with van der Waals surface area (Å²) in [6.07, 6.45) is 2.33. The predicted molar refractivity (Wildman–Crippen MR) is 105 cm³/mol. The van der Waals surface area contributed by atoms with Crippen LogP contribution in [0.15, 0.2) is 54.6 Å². The van der Waals surface area contributed by atoms with Gasteiger partial charge in [-0.05, 0) is 49.6 Å². The highest BCUT2D eigenvalue weighted by Crippen LogP contribution is 2.43. The molecule has 3 aromatic rings. The number of amides is 1. The first-order chi connectivity index (χ1) is 13.2. The van der Waals surface area contributed by atoms with Gasteiger partial charge in [-0.2, -0.15) is 5.10 Å². The van der Waals surface area contributed by atoms with Gasteiger partial charge in [-0.25, -0.2) is 4.68 Å². The lowest BCUT2D eigenvalue weighted by Crippen LogP contribution is -2.16. The zero-order valence-corrected chi connectivity index (χ0v) is 15.6. The van der Waals surface area contributed by atoms with E-state index in [4.69, 9.17) is 9.84 Å². The second-order valence-electron chi connectivity index (χ2n) is 6.97. The second kappa shape index (κ2) is 7.37. The van der Waals surface area contributed by atoms with Crippen LogP contribution in [0.4, 0.5) is 5.82 Å². The Morgan fingerprint density at radius 1 is 1.19 bits per heavy atom. The van der Waals surface area contributed by atoms with E-state index in [9.17, 15) is 4.79 Å². The van der Waals surface area contributed by atoms with E-state index in [1.165, 1.54) is 12.8 Å². The minimum Gasteiger partial charge on any atom is -0.380 e. The summed E-state index contributed by atoms with van der Waals surface area (Å²) in [4.78, 5) is 12.9. The van der Waals surface area contributed by atoms with Crippen molar-refractivity contribution in [1.82, 2.24) is 9.78 Å². The first kappa shape index (κ1) is 17.5. The highest BCUT2D eigenvalue weighted by Gasteiger charge is 2.31. The van der Waals surface area contributed by atoms with Crippen molar-refractivity contribution in [3.05, 3.63) is 77.0 Å². The van der Waals surface area contributed by atoms with Gasteiger partial charge in [0.05, 0.1) is 18.0 Å². The molecule has 1 aliphatic rings. The van der Waals surface area contributed by atoms with Crippen LogP contribution >= 0.6 is 0 Å². The molecule has 1 fully saturated rings. The minimum atomic E-state index is -0.143. The van der Waals surface area contributed by atoms with Crippen LogP contribution in [0.5, 0.6) is 0 Å². The molecule has 5 heteroatoms. The fourth-order valence-corrected chi connectivity index (χ4v) is 3.31. The zero-order chi connectivity index (χ0) is 18.8. The summed E-state index contributed by atoms with van der Waals surface area (Å²) in [7, 11) is 1.65. The monoisotopic (exact) mass is 361 g/mol. The summed E-state index contributed by atoms with van der Waals surface area (Å²) in [5.41, 5.74) is 4.65. The maximum Gasteiger partial charge on any atom is 0.256 e. The maximum atomic E-state index is 12.9. The standard InChI is InChI=1S/C22H23N3O2/c1-15-20(17-11-12-17)24-25(19-9-4-3-5-10-19)21(15)23-22(26)18-8-6-7-16(13-18)14-27-2/h3-10,13,17H,11-12,14H2,1-2H3,(H,23,26). The van der Waals surface area contributed by atoms with E-state index in [-0.39, 0.29) is 5.91 Å². The van der Waals surface area contributed by atoms with Gasteiger partial charge in [0.2, 0.25) is 0 Å². The van der Waals surface area contributed by atoms with Crippen molar-refractivity contribution in [3.63, 3.8) is 0 Å². The van der Waals surface area contributed by atoms with Gasteiger partial charge in [-0.3, -0.25) is 4.79 Å². The van der Waals surface area contributed by atoms with Crippen molar-refractivity contribution < 1.29 is 9.53 Å². The summed E-state index contributed by atoms with van der Waals surface area (Å²) in [5, 5.41) is 7.90. The Bertz CT molecular complexity index is 959. The van der Waals surface area contributed by atoms with Crippen molar-refractivity contribution in [2.24, 2.45) is 0 Å². The Hall–Kier alpha value is -2.92. The van der Waals surface area contributed by atoms with Gasteiger partial charge in [0.1, 0.15) is 5.82 Å². The van der Waals surface area contributed by atoms with Crippen LogP contribution in [-0.2, 0) is 11.3 Å². The van der Waals surface area contributed by atoms with Crippen LogP contribution < -0.4 is 5.32 Å². The SMILES string of the molecule is COCc1cccc(C(=O)Nc2c(C)c(C3CC3)nn2-c2ccccc2)c1. The Kier molecular flexibility index (Phi) is 4.77. The molecule has 0 unspecified atom stereocenters. The predicted octanol–water partition coefficient (Wildman–Crippen LogP) is 4.46. The lowest BCUT2D eigenvalue weighted by atomic mass is 10.1. The molecule has 0 bridgehead atoms. The minimum absolute atomic E-state index is 0.143. The molecule has 138 valence electrons. The summed E-state index contributed by atoms with van der Waals surface area (Å²) in [6.45, 7) is 2.52. The molecule has 1 N–H and O–H groups in total. The number of anilines is 1. The Morgan fingerprint density at radius 3 is 2.67 bits per heavy atom. The smallest absolute Gasteiger partial charge is 0.256 e. The number of benzene rings is 2. The Morgan fingerprint density at radius 2 is 1.96 bits per heavy atom. The van der Waals surface area contributed by atoms with Gasteiger partial charge in [-0.1, -0.05) is 30.3 Å². The third-order valence-corrected chi connectivity index (χ3v) is 4.86. The third-order valence-electron chi connectivity index (χ3n) is 4.86. The molecule has 4 rings (SSSR count). The van der Waals surface area contributed by atoms with E-state index in [2.05, 4.69) is 5.32 Å². The molecule has 1 aromatic heterocycles. The largest absolute Gasteiger partial charge is 0.380 e. The molecule has 0 saturated heterocycles. The summed E-state index contributed by atoms with van der Waals surface area (Å²) < 4.78 is 7.01. The maximum absolute atomic E-state index is 12.9. The average molecular weight is 361 g/mol. The summed E-state index contributed by atoms with van der Waals surface area (Å²) in [5.74, 6) is 1.11. The van der Waals surface area contributed by atoms with Crippen LogP contribution in [0.25, 0.3) is 5.69 Å². The summed E-state index contributed by atoms with van der Waals surface area (Å²) in [6, 6.07) is 17.4. The number of hydrogen-bond donors (Lipinski definition) is 1. The van der Waals surface area contributed by atoms with Gasteiger partial charge >= 0.3 is 0 Å². The van der Waals surface area contributed by atoms with E-state index >= 15 is 0 Å².